The molecule has 18 heavy (non-hydrogen) atoms. The van der Waals surface area contributed by atoms with Gasteiger partial charge in [-0.1, -0.05) is 38.3 Å². The van der Waals surface area contributed by atoms with Crippen molar-refractivity contribution in [2.45, 2.75) is 46.0 Å². The van der Waals surface area contributed by atoms with E-state index in [2.05, 4.69) is 41.4 Å². The first kappa shape index (κ1) is 12.8. The SMILES string of the molecule is CCCCCCc1ccc(-c2nnc(C)o2)cc1. The number of hydrogen-bond acceptors (Lipinski definition) is 3. The second-order valence-corrected chi connectivity index (χ2v) is 4.63. The predicted octanol–water partition coefficient (Wildman–Crippen LogP) is 4.17. The molecule has 0 N–H and O–H groups in total. The lowest BCUT2D eigenvalue weighted by Gasteiger charge is -2.02. The maximum atomic E-state index is 5.40. The van der Waals surface area contributed by atoms with Crippen molar-refractivity contribution >= 4 is 0 Å². The van der Waals surface area contributed by atoms with Gasteiger partial charge in [-0.15, -0.1) is 10.2 Å². The van der Waals surface area contributed by atoms with Gasteiger partial charge in [0.1, 0.15) is 0 Å². The van der Waals surface area contributed by atoms with E-state index in [0.29, 0.717) is 11.8 Å². The molecule has 0 saturated heterocycles. The van der Waals surface area contributed by atoms with Gasteiger partial charge < -0.3 is 4.42 Å². The van der Waals surface area contributed by atoms with E-state index in [1.165, 1.54) is 31.2 Å². The van der Waals surface area contributed by atoms with E-state index < -0.39 is 0 Å². The van der Waals surface area contributed by atoms with E-state index in [9.17, 15) is 0 Å². The summed E-state index contributed by atoms with van der Waals surface area (Å²) in [5.41, 5.74) is 2.37. The van der Waals surface area contributed by atoms with Crippen molar-refractivity contribution in [3.05, 3.63) is 35.7 Å². The summed E-state index contributed by atoms with van der Waals surface area (Å²) in [5.74, 6) is 1.21. The van der Waals surface area contributed by atoms with Crippen molar-refractivity contribution < 1.29 is 4.42 Å². The summed E-state index contributed by atoms with van der Waals surface area (Å²) in [6, 6.07) is 8.42. The molecule has 3 heteroatoms. The van der Waals surface area contributed by atoms with E-state index >= 15 is 0 Å². The van der Waals surface area contributed by atoms with Crippen LogP contribution in [0.1, 0.15) is 44.1 Å². The summed E-state index contributed by atoms with van der Waals surface area (Å²) in [4.78, 5) is 0. The van der Waals surface area contributed by atoms with Crippen LogP contribution in [0.3, 0.4) is 0 Å². The Bertz CT molecular complexity index is 473. The minimum absolute atomic E-state index is 0.602. The number of unbranched alkanes of at least 4 members (excludes halogenated alkanes) is 3. The Hall–Kier alpha value is -1.64. The molecular weight excluding hydrogens is 224 g/mol. The quantitative estimate of drug-likeness (QED) is 0.716. The highest BCUT2D eigenvalue weighted by molar-refractivity contribution is 5.52. The first-order chi connectivity index (χ1) is 8.79. The van der Waals surface area contributed by atoms with Crippen LogP contribution in [0.15, 0.2) is 28.7 Å². The molecule has 0 radical (unpaired) electrons. The van der Waals surface area contributed by atoms with Crippen LogP contribution in [-0.2, 0) is 6.42 Å². The molecule has 96 valence electrons. The van der Waals surface area contributed by atoms with Gasteiger partial charge >= 0.3 is 0 Å². The molecule has 0 aliphatic rings. The summed E-state index contributed by atoms with van der Waals surface area (Å²) in [7, 11) is 0. The Kier molecular flexibility index (Phi) is 4.51. The fraction of sp³-hybridized carbons (Fsp3) is 0.467. The normalized spacial score (nSPS) is 10.8. The molecular formula is C15H20N2O. The van der Waals surface area contributed by atoms with E-state index in [-0.39, 0.29) is 0 Å². The predicted molar refractivity (Wildman–Crippen MR) is 72.3 cm³/mol. The Labute approximate surface area is 108 Å². The number of aromatic nitrogens is 2. The van der Waals surface area contributed by atoms with Crippen LogP contribution < -0.4 is 0 Å². The Morgan fingerprint density at radius 3 is 2.39 bits per heavy atom. The van der Waals surface area contributed by atoms with E-state index in [4.69, 9.17) is 4.42 Å². The van der Waals surface area contributed by atoms with Crippen LogP contribution in [0.5, 0.6) is 0 Å². The monoisotopic (exact) mass is 244 g/mol. The van der Waals surface area contributed by atoms with Crippen LogP contribution in [0.25, 0.3) is 11.5 Å². The number of benzene rings is 1. The molecule has 0 unspecified atom stereocenters. The Morgan fingerprint density at radius 2 is 1.78 bits per heavy atom. The van der Waals surface area contributed by atoms with Crippen LogP contribution in [0.2, 0.25) is 0 Å². The van der Waals surface area contributed by atoms with E-state index in [1.54, 1.807) is 6.92 Å². The minimum atomic E-state index is 0.602. The summed E-state index contributed by atoms with van der Waals surface area (Å²) in [5, 5.41) is 7.85. The first-order valence-corrected chi connectivity index (χ1v) is 6.69. The second kappa shape index (κ2) is 6.34. The van der Waals surface area contributed by atoms with E-state index in [0.717, 1.165) is 12.0 Å². The molecule has 0 spiro atoms. The van der Waals surface area contributed by atoms with Crippen molar-refractivity contribution in [1.29, 1.82) is 0 Å². The lowest BCUT2D eigenvalue weighted by Crippen LogP contribution is -1.86. The number of rotatable bonds is 6. The largest absolute Gasteiger partial charge is 0.421 e. The zero-order valence-corrected chi connectivity index (χ0v) is 11.1. The van der Waals surface area contributed by atoms with Gasteiger partial charge in [0.25, 0.3) is 0 Å². The van der Waals surface area contributed by atoms with Gasteiger partial charge in [0, 0.05) is 12.5 Å². The molecule has 0 saturated carbocycles. The summed E-state index contributed by atoms with van der Waals surface area (Å²) < 4.78 is 5.40. The maximum Gasteiger partial charge on any atom is 0.247 e. The third-order valence-electron chi connectivity index (χ3n) is 3.05. The van der Waals surface area contributed by atoms with Crippen LogP contribution >= 0.6 is 0 Å². The van der Waals surface area contributed by atoms with Gasteiger partial charge in [0.05, 0.1) is 0 Å². The third kappa shape index (κ3) is 3.42. The molecule has 0 amide bonds. The maximum absolute atomic E-state index is 5.40. The average molecular weight is 244 g/mol. The first-order valence-electron chi connectivity index (χ1n) is 6.69. The van der Waals surface area contributed by atoms with Gasteiger partial charge in [-0.25, -0.2) is 0 Å². The molecule has 2 aromatic rings. The standard InChI is InChI=1S/C15H20N2O/c1-3-4-5-6-7-13-8-10-14(11-9-13)15-17-16-12(2)18-15/h8-11H,3-7H2,1-2H3. The van der Waals surface area contributed by atoms with Crippen LogP contribution in [-0.4, -0.2) is 10.2 Å². The number of aryl methyl sites for hydroxylation is 2. The number of nitrogens with zero attached hydrogens (tertiary/aromatic N) is 2. The van der Waals surface area contributed by atoms with Crippen molar-refractivity contribution in [3.63, 3.8) is 0 Å². The fourth-order valence-corrected chi connectivity index (χ4v) is 1.98. The van der Waals surface area contributed by atoms with Gasteiger partial charge in [-0.05, 0) is 30.5 Å². The van der Waals surface area contributed by atoms with Gasteiger partial charge in [0.15, 0.2) is 0 Å². The topological polar surface area (TPSA) is 38.9 Å². The Balaban J connectivity index is 1.93. The second-order valence-electron chi connectivity index (χ2n) is 4.63. The fourth-order valence-electron chi connectivity index (χ4n) is 1.98. The summed E-state index contributed by atoms with van der Waals surface area (Å²) in [6.45, 7) is 4.04. The summed E-state index contributed by atoms with van der Waals surface area (Å²) >= 11 is 0. The molecule has 0 aliphatic carbocycles. The number of hydrogen-bond donors (Lipinski definition) is 0. The lowest BCUT2D eigenvalue weighted by molar-refractivity contribution is 0.533. The van der Waals surface area contributed by atoms with Gasteiger partial charge in [-0.2, -0.15) is 0 Å². The lowest BCUT2D eigenvalue weighted by atomic mass is 10.0. The molecule has 0 atom stereocenters. The molecule has 0 aliphatic heterocycles. The molecule has 1 aromatic heterocycles. The third-order valence-corrected chi connectivity index (χ3v) is 3.05. The zero-order chi connectivity index (χ0) is 12.8. The highest BCUT2D eigenvalue weighted by Gasteiger charge is 2.05. The highest BCUT2D eigenvalue weighted by atomic mass is 16.4. The van der Waals surface area contributed by atoms with Crippen LogP contribution in [0.4, 0.5) is 0 Å². The average Bonchev–Trinajstić information content (AvgIpc) is 2.82. The molecule has 3 nitrogen and oxygen atoms in total. The Morgan fingerprint density at radius 1 is 1.00 bits per heavy atom. The van der Waals surface area contributed by atoms with Gasteiger partial charge in [-0.3, -0.25) is 0 Å². The smallest absolute Gasteiger partial charge is 0.247 e. The highest BCUT2D eigenvalue weighted by Crippen LogP contribution is 2.19. The summed E-state index contributed by atoms with van der Waals surface area (Å²) in [6.07, 6.45) is 6.37. The van der Waals surface area contributed by atoms with Gasteiger partial charge in [0.2, 0.25) is 11.8 Å². The van der Waals surface area contributed by atoms with Crippen molar-refractivity contribution in [2.75, 3.05) is 0 Å². The molecule has 2 rings (SSSR count). The zero-order valence-electron chi connectivity index (χ0n) is 11.1. The molecule has 1 aromatic carbocycles. The molecule has 1 heterocycles. The van der Waals surface area contributed by atoms with Crippen molar-refractivity contribution in [2.24, 2.45) is 0 Å². The van der Waals surface area contributed by atoms with E-state index in [1.807, 2.05) is 0 Å². The van der Waals surface area contributed by atoms with Crippen molar-refractivity contribution in [1.82, 2.24) is 10.2 Å². The molecule has 0 fully saturated rings. The van der Waals surface area contributed by atoms with Crippen molar-refractivity contribution in [3.8, 4) is 11.5 Å². The van der Waals surface area contributed by atoms with Crippen LogP contribution in [0, 0.1) is 6.92 Å². The molecule has 0 bridgehead atoms. The minimum Gasteiger partial charge on any atom is -0.421 e.